The Hall–Kier alpha value is -0.610. The number of hydrogen-bond donors (Lipinski definition) is 2. The standard InChI is InChI=1S/C14H26N2O2/c1-11(14(17)16-13-4-2-3-5-13)15-8-6-12-7-9-18-10-12/h11-13,15H,2-10H2,1H3,(H,16,17). The lowest BCUT2D eigenvalue weighted by molar-refractivity contribution is -0.123. The topological polar surface area (TPSA) is 50.4 Å². The minimum Gasteiger partial charge on any atom is -0.381 e. The third kappa shape index (κ3) is 4.25. The number of carbonyl (C=O) groups is 1. The molecule has 0 bridgehead atoms. The third-order valence-corrected chi connectivity index (χ3v) is 4.12. The van der Waals surface area contributed by atoms with Crippen molar-refractivity contribution in [2.24, 2.45) is 5.92 Å². The van der Waals surface area contributed by atoms with Crippen molar-refractivity contribution in [2.75, 3.05) is 19.8 Å². The van der Waals surface area contributed by atoms with Gasteiger partial charge in [-0.3, -0.25) is 4.79 Å². The molecule has 104 valence electrons. The van der Waals surface area contributed by atoms with E-state index in [0.717, 1.165) is 39.0 Å². The van der Waals surface area contributed by atoms with Crippen LogP contribution in [0.1, 0.15) is 45.4 Å². The normalized spacial score (nSPS) is 26.4. The number of amides is 1. The van der Waals surface area contributed by atoms with E-state index in [-0.39, 0.29) is 11.9 Å². The summed E-state index contributed by atoms with van der Waals surface area (Å²) >= 11 is 0. The molecular formula is C14H26N2O2. The van der Waals surface area contributed by atoms with E-state index in [1.807, 2.05) is 6.92 Å². The van der Waals surface area contributed by atoms with Crippen LogP contribution < -0.4 is 10.6 Å². The molecule has 0 spiro atoms. The minimum atomic E-state index is -0.0760. The largest absolute Gasteiger partial charge is 0.381 e. The third-order valence-electron chi connectivity index (χ3n) is 4.12. The van der Waals surface area contributed by atoms with Crippen molar-refractivity contribution < 1.29 is 9.53 Å². The maximum atomic E-state index is 11.9. The molecule has 0 aromatic carbocycles. The van der Waals surface area contributed by atoms with Crippen LogP contribution in [-0.2, 0) is 9.53 Å². The molecule has 2 fully saturated rings. The van der Waals surface area contributed by atoms with Gasteiger partial charge in [-0.1, -0.05) is 12.8 Å². The summed E-state index contributed by atoms with van der Waals surface area (Å²) in [4.78, 5) is 11.9. The van der Waals surface area contributed by atoms with Crippen LogP contribution in [0.3, 0.4) is 0 Å². The Labute approximate surface area is 110 Å². The molecule has 2 N–H and O–H groups in total. The van der Waals surface area contributed by atoms with Crippen LogP contribution >= 0.6 is 0 Å². The molecule has 1 heterocycles. The fourth-order valence-corrected chi connectivity index (χ4v) is 2.80. The molecular weight excluding hydrogens is 228 g/mol. The van der Waals surface area contributed by atoms with E-state index in [4.69, 9.17) is 4.74 Å². The SMILES string of the molecule is CC(NCCC1CCOC1)C(=O)NC1CCCC1. The van der Waals surface area contributed by atoms with E-state index in [9.17, 15) is 4.79 Å². The molecule has 18 heavy (non-hydrogen) atoms. The fourth-order valence-electron chi connectivity index (χ4n) is 2.80. The molecule has 1 amide bonds. The molecule has 0 radical (unpaired) electrons. The highest BCUT2D eigenvalue weighted by atomic mass is 16.5. The van der Waals surface area contributed by atoms with E-state index in [0.29, 0.717) is 12.0 Å². The molecule has 0 aromatic heterocycles. The number of carbonyl (C=O) groups excluding carboxylic acids is 1. The van der Waals surface area contributed by atoms with Crippen LogP contribution in [-0.4, -0.2) is 37.7 Å². The Balaban J connectivity index is 1.57. The molecule has 2 aliphatic rings. The van der Waals surface area contributed by atoms with Gasteiger partial charge in [0.1, 0.15) is 0 Å². The second-order valence-electron chi connectivity index (χ2n) is 5.68. The van der Waals surface area contributed by atoms with Crippen molar-refractivity contribution in [1.29, 1.82) is 0 Å². The number of rotatable bonds is 6. The second kappa shape index (κ2) is 7.10. The zero-order valence-corrected chi connectivity index (χ0v) is 11.4. The van der Waals surface area contributed by atoms with Gasteiger partial charge in [0.15, 0.2) is 0 Å². The average Bonchev–Trinajstić information content (AvgIpc) is 3.01. The first-order valence-corrected chi connectivity index (χ1v) is 7.37. The van der Waals surface area contributed by atoms with E-state index in [1.165, 1.54) is 19.3 Å². The van der Waals surface area contributed by atoms with Crippen molar-refractivity contribution in [3.63, 3.8) is 0 Å². The fraction of sp³-hybridized carbons (Fsp3) is 0.929. The van der Waals surface area contributed by atoms with E-state index >= 15 is 0 Å². The van der Waals surface area contributed by atoms with Gasteiger partial charge in [-0.25, -0.2) is 0 Å². The van der Waals surface area contributed by atoms with Crippen molar-refractivity contribution in [2.45, 2.75) is 57.5 Å². The number of hydrogen-bond acceptors (Lipinski definition) is 3. The van der Waals surface area contributed by atoms with E-state index in [1.54, 1.807) is 0 Å². The zero-order chi connectivity index (χ0) is 12.8. The Morgan fingerprint density at radius 1 is 1.33 bits per heavy atom. The van der Waals surface area contributed by atoms with Crippen LogP contribution in [0, 0.1) is 5.92 Å². The van der Waals surface area contributed by atoms with Crippen molar-refractivity contribution in [3.8, 4) is 0 Å². The Morgan fingerprint density at radius 2 is 2.11 bits per heavy atom. The van der Waals surface area contributed by atoms with E-state index < -0.39 is 0 Å². The molecule has 4 heteroatoms. The lowest BCUT2D eigenvalue weighted by Crippen LogP contribution is -2.46. The van der Waals surface area contributed by atoms with Crippen LogP contribution in [0.5, 0.6) is 0 Å². The van der Waals surface area contributed by atoms with Gasteiger partial charge in [-0.15, -0.1) is 0 Å². The lowest BCUT2D eigenvalue weighted by Gasteiger charge is -2.18. The summed E-state index contributed by atoms with van der Waals surface area (Å²) < 4.78 is 5.34. The smallest absolute Gasteiger partial charge is 0.237 e. The molecule has 2 rings (SSSR count). The van der Waals surface area contributed by atoms with Crippen molar-refractivity contribution in [1.82, 2.24) is 10.6 Å². The zero-order valence-electron chi connectivity index (χ0n) is 11.4. The molecule has 1 saturated heterocycles. The monoisotopic (exact) mass is 254 g/mol. The molecule has 4 nitrogen and oxygen atoms in total. The van der Waals surface area contributed by atoms with Crippen LogP contribution in [0.2, 0.25) is 0 Å². The van der Waals surface area contributed by atoms with Crippen molar-refractivity contribution in [3.05, 3.63) is 0 Å². The molecule has 1 saturated carbocycles. The van der Waals surface area contributed by atoms with Gasteiger partial charge in [-0.2, -0.15) is 0 Å². The lowest BCUT2D eigenvalue weighted by atomic mass is 10.1. The van der Waals surface area contributed by atoms with Crippen molar-refractivity contribution >= 4 is 5.91 Å². The molecule has 2 atom stereocenters. The Morgan fingerprint density at radius 3 is 2.78 bits per heavy atom. The van der Waals surface area contributed by atoms with Crippen LogP contribution in [0.15, 0.2) is 0 Å². The summed E-state index contributed by atoms with van der Waals surface area (Å²) in [6.07, 6.45) is 7.10. The Kier molecular flexibility index (Phi) is 5.45. The summed E-state index contributed by atoms with van der Waals surface area (Å²) in [6, 6.07) is 0.345. The maximum Gasteiger partial charge on any atom is 0.237 e. The molecule has 1 aliphatic heterocycles. The van der Waals surface area contributed by atoms with Gasteiger partial charge < -0.3 is 15.4 Å². The predicted molar refractivity (Wildman–Crippen MR) is 71.4 cm³/mol. The first kappa shape index (κ1) is 13.8. The molecule has 2 unspecified atom stereocenters. The predicted octanol–water partition coefficient (Wildman–Crippen LogP) is 1.45. The quantitative estimate of drug-likeness (QED) is 0.754. The molecule has 1 aliphatic carbocycles. The minimum absolute atomic E-state index is 0.0760. The van der Waals surface area contributed by atoms with Gasteiger partial charge in [0.25, 0.3) is 0 Å². The summed E-state index contributed by atoms with van der Waals surface area (Å²) in [7, 11) is 0. The number of ether oxygens (including phenoxy) is 1. The maximum absolute atomic E-state index is 11.9. The van der Waals surface area contributed by atoms with Crippen LogP contribution in [0.25, 0.3) is 0 Å². The van der Waals surface area contributed by atoms with Gasteiger partial charge in [0, 0.05) is 19.3 Å². The summed E-state index contributed by atoms with van der Waals surface area (Å²) in [5.74, 6) is 0.840. The number of nitrogens with one attached hydrogen (secondary N) is 2. The average molecular weight is 254 g/mol. The summed E-state index contributed by atoms with van der Waals surface area (Å²) in [6.45, 7) is 4.66. The Bertz CT molecular complexity index is 259. The summed E-state index contributed by atoms with van der Waals surface area (Å²) in [5, 5.41) is 6.45. The van der Waals surface area contributed by atoms with Gasteiger partial charge >= 0.3 is 0 Å². The molecule has 0 aromatic rings. The summed E-state index contributed by atoms with van der Waals surface area (Å²) in [5.41, 5.74) is 0. The second-order valence-corrected chi connectivity index (χ2v) is 5.68. The van der Waals surface area contributed by atoms with Gasteiger partial charge in [-0.05, 0) is 45.1 Å². The highest BCUT2D eigenvalue weighted by Gasteiger charge is 2.21. The van der Waals surface area contributed by atoms with Gasteiger partial charge in [0.05, 0.1) is 6.04 Å². The van der Waals surface area contributed by atoms with Crippen LogP contribution in [0.4, 0.5) is 0 Å². The highest BCUT2D eigenvalue weighted by Crippen LogP contribution is 2.18. The highest BCUT2D eigenvalue weighted by molar-refractivity contribution is 5.81. The van der Waals surface area contributed by atoms with Gasteiger partial charge in [0.2, 0.25) is 5.91 Å². The first-order chi connectivity index (χ1) is 8.75. The first-order valence-electron chi connectivity index (χ1n) is 7.37. The van der Waals surface area contributed by atoms with E-state index in [2.05, 4.69) is 10.6 Å².